The van der Waals surface area contributed by atoms with Crippen LogP contribution in [0.25, 0.3) is 0 Å². The van der Waals surface area contributed by atoms with E-state index in [1.54, 1.807) is 6.21 Å². The Bertz CT molecular complexity index is 855. The molecule has 0 amide bonds. The van der Waals surface area contributed by atoms with Crippen molar-refractivity contribution in [1.82, 2.24) is 0 Å². The van der Waals surface area contributed by atoms with Crippen LogP contribution in [0.15, 0.2) is 23.2 Å². The van der Waals surface area contributed by atoms with Gasteiger partial charge in [-0.1, -0.05) is 38.5 Å². The zero-order valence-corrected chi connectivity index (χ0v) is 19.0. The van der Waals surface area contributed by atoms with Crippen LogP contribution >= 0.6 is 0 Å². The van der Waals surface area contributed by atoms with Crippen LogP contribution in [0.5, 0.6) is 5.75 Å². The Morgan fingerprint density at radius 2 is 1.77 bits per heavy atom. The largest absolute Gasteiger partial charge is 0.872 e. The van der Waals surface area contributed by atoms with Gasteiger partial charge in [-0.05, 0) is 104 Å². The molecule has 5 nitrogen and oxygen atoms in total. The summed E-state index contributed by atoms with van der Waals surface area (Å²) in [6.45, 7) is 5.07. The molecule has 0 spiro atoms. The van der Waals surface area contributed by atoms with Gasteiger partial charge in [0.05, 0.1) is 11.7 Å². The lowest BCUT2D eigenvalue weighted by Crippen LogP contribution is -2.53. The average molecular weight is 426 g/mol. The van der Waals surface area contributed by atoms with Gasteiger partial charge in [0.1, 0.15) is 0 Å². The van der Waals surface area contributed by atoms with Crippen LogP contribution in [0, 0.1) is 34.5 Å². The predicted molar refractivity (Wildman–Crippen MR) is 120 cm³/mol. The maximum atomic E-state index is 12.2. The molecule has 0 aromatic heterocycles. The van der Waals surface area contributed by atoms with Gasteiger partial charge in [-0.3, -0.25) is 15.4 Å². The van der Waals surface area contributed by atoms with Crippen LogP contribution in [-0.2, 0) is 0 Å². The molecule has 0 bridgehead atoms. The van der Waals surface area contributed by atoms with Crippen LogP contribution < -0.4 is 10.3 Å². The predicted octanol–water partition coefficient (Wildman–Crippen LogP) is 5.57. The van der Waals surface area contributed by atoms with Gasteiger partial charge in [0.2, 0.25) is 0 Å². The average Bonchev–Trinajstić information content (AvgIpc) is 3.09. The van der Waals surface area contributed by atoms with E-state index in [-0.39, 0.29) is 28.1 Å². The zero-order valence-electron chi connectivity index (χ0n) is 19.0. The van der Waals surface area contributed by atoms with Crippen molar-refractivity contribution in [3.05, 3.63) is 23.8 Å². The number of aliphatic imine (C=N–C) groups is 1. The van der Waals surface area contributed by atoms with E-state index in [0.29, 0.717) is 11.0 Å². The van der Waals surface area contributed by atoms with Crippen molar-refractivity contribution in [1.29, 1.82) is 0 Å². The molecular formula is C26H37N2O3-. The first-order valence-corrected chi connectivity index (χ1v) is 12.3. The van der Waals surface area contributed by atoms with Crippen molar-refractivity contribution in [3.8, 4) is 5.75 Å². The van der Waals surface area contributed by atoms with Crippen molar-refractivity contribution in [2.24, 2.45) is 39.5 Å². The highest BCUT2D eigenvalue weighted by Crippen LogP contribution is 2.66. The Kier molecular flexibility index (Phi) is 5.33. The minimum Gasteiger partial charge on any atom is -0.872 e. The third-order valence-corrected chi connectivity index (χ3v) is 10.2. The first kappa shape index (κ1) is 21.3. The van der Waals surface area contributed by atoms with Crippen molar-refractivity contribution in [3.63, 3.8) is 0 Å². The highest BCUT2D eigenvalue weighted by atomic mass is 16.8. The van der Waals surface area contributed by atoms with Gasteiger partial charge in [-0.15, -0.1) is 5.23 Å². The van der Waals surface area contributed by atoms with E-state index in [1.165, 1.54) is 76.0 Å². The van der Waals surface area contributed by atoms with E-state index < -0.39 is 0 Å². The van der Waals surface area contributed by atoms with Crippen LogP contribution in [0.3, 0.4) is 0 Å². The van der Waals surface area contributed by atoms with Gasteiger partial charge >= 0.3 is 0 Å². The quantitative estimate of drug-likeness (QED) is 0.490. The summed E-state index contributed by atoms with van der Waals surface area (Å²) in [5.74, 6) is 3.28. The standard InChI is InChI=1S/C26H38N2O3/c1-25-13-4-3-5-18(25)6-8-20-21-9-11-24(26(21,2)14-12-22(20)25)27-16-17-15-19(28(30)31)7-10-23(17)29/h7,10,15-16,18,20-22,24,29-31H,3-6,8-9,11-14H2,1-2H3/p-1/t18?,20-,21-,22-,24?,25-,26-/m0/s1. The SMILES string of the molecule is C[C@]12CCCCC1CC[C@@H]1[C@@H]2CC[C@]2(C)C(N=Cc3cc(N(O)O)ccc3[O-])CC[C@@H]12. The second kappa shape index (κ2) is 7.77. The van der Waals surface area contributed by atoms with Gasteiger partial charge in [-0.2, -0.15) is 0 Å². The second-order valence-corrected chi connectivity index (χ2v) is 11.3. The minimum absolute atomic E-state index is 0.0488. The molecule has 2 unspecified atom stereocenters. The molecule has 4 saturated carbocycles. The Morgan fingerprint density at radius 3 is 2.58 bits per heavy atom. The monoisotopic (exact) mass is 425 g/mol. The molecule has 2 N–H and O–H groups in total. The summed E-state index contributed by atoms with van der Waals surface area (Å²) >= 11 is 0. The summed E-state index contributed by atoms with van der Waals surface area (Å²) in [6.07, 6.45) is 15.2. The maximum Gasteiger partial charge on any atom is 0.0948 e. The van der Waals surface area contributed by atoms with Crippen LogP contribution in [0.2, 0.25) is 0 Å². The Morgan fingerprint density at radius 1 is 0.968 bits per heavy atom. The Hall–Kier alpha value is -1.59. The van der Waals surface area contributed by atoms with Gasteiger partial charge in [0.25, 0.3) is 0 Å². The van der Waals surface area contributed by atoms with Crippen LogP contribution in [0.4, 0.5) is 5.69 Å². The molecule has 5 rings (SSSR count). The van der Waals surface area contributed by atoms with Gasteiger partial charge < -0.3 is 5.11 Å². The first-order chi connectivity index (χ1) is 14.8. The zero-order chi connectivity index (χ0) is 21.8. The van der Waals surface area contributed by atoms with Crippen molar-refractivity contribution in [2.75, 3.05) is 5.23 Å². The Labute approximate surface area is 186 Å². The first-order valence-electron chi connectivity index (χ1n) is 12.3. The van der Waals surface area contributed by atoms with Gasteiger partial charge in [0.15, 0.2) is 0 Å². The molecule has 0 radical (unpaired) electrons. The molecule has 170 valence electrons. The molecule has 7 atom stereocenters. The van der Waals surface area contributed by atoms with E-state index in [4.69, 9.17) is 4.99 Å². The summed E-state index contributed by atoms with van der Waals surface area (Å²) in [4.78, 5) is 4.94. The number of nitrogens with zero attached hydrogens (tertiary/aromatic N) is 2. The lowest BCUT2D eigenvalue weighted by atomic mass is 9.45. The fraction of sp³-hybridized carbons (Fsp3) is 0.731. The van der Waals surface area contributed by atoms with Crippen molar-refractivity contribution >= 4 is 11.9 Å². The number of rotatable bonds is 3. The van der Waals surface area contributed by atoms with E-state index in [0.717, 1.165) is 30.1 Å². The summed E-state index contributed by atoms with van der Waals surface area (Å²) < 4.78 is 0. The minimum atomic E-state index is -0.138. The van der Waals surface area contributed by atoms with Gasteiger partial charge in [0, 0.05) is 6.21 Å². The highest BCUT2D eigenvalue weighted by molar-refractivity contribution is 5.85. The maximum absolute atomic E-state index is 12.2. The number of hydrogen-bond donors (Lipinski definition) is 2. The fourth-order valence-corrected chi connectivity index (χ4v) is 8.44. The molecule has 1 aromatic carbocycles. The van der Waals surface area contributed by atoms with E-state index in [1.807, 2.05) is 0 Å². The third kappa shape index (κ3) is 3.39. The molecule has 31 heavy (non-hydrogen) atoms. The summed E-state index contributed by atoms with van der Waals surface area (Å²) in [5.41, 5.74) is 1.37. The molecule has 0 heterocycles. The number of fused-ring (bicyclic) bond motifs is 5. The molecule has 1 aromatic rings. The Balaban J connectivity index is 1.36. The van der Waals surface area contributed by atoms with E-state index in [9.17, 15) is 15.5 Å². The third-order valence-electron chi connectivity index (χ3n) is 10.2. The molecule has 0 saturated heterocycles. The molecular weight excluding hydrogens is 388 g/mol. The topological polar surface area (TPSA) is 79.1 Å². The number of benzene rings is 1. The van der Waals surface area contributed by atoms with Gasteiger partial charge in [-0.25, -0.2) is 0 Å². The highest BCUT2D eigenvalue weighted by Gasteiger charge is 2.59. The van der Waals surface area contributed by atoms with Crippen molar-refractivity contribution in [2.45, 2.75) is 84.1 Å². The summed E-state index contributed by atoms with van der Waals surface area (Å²) in [6, 6.07) is 4.50. The smallest absolute Gasteiger partial charge is 0.0948 e. The number of anilines is 1. The fourth-order valence-electron chi connectivity index (χ4n) is 8.44. The summed E-state index contributed by atoms with van der Waals surface area (Å²) in [5, 5.41) is 30.8. The lowest BCUT2D eigenvalue weighted by Gasteiger charge is -2.60. The molecule has 0 aliphatic heterocycles. The van der Waals surface area contributed by atoms with E-state index >= 15 is 0 Å². The lowest BCUT2D eigenvalue weighted by molar-refractivity contribution is -0.268. The second-order valence-electron chi connectivity index (χ2n) is 11.3. The van der Waals surface area contributed by atoms with Crippen molar-refractivity contribution < 1.29 is 15.5 Å². The molecule has 4 fully saturated rings. The normalized spacial score (nSPS) is 42.1. The summed E-state index contributed by atoms with van der Waals surface area (Å²) in [7, 11) is 0. The molecule has 5 heteroatoms. The van der Waals surface area contributed by atoms with E-state index in [2.05, 4.69) is 13.8 Å². The van der Waals surface area contributed by atoms with Crippen LogP contribution in [-0.4, -0.2) is 22.7 Å². The molecule has 4 aliphatic carbocycles. The van der Waals surface area contributed by atoms with Crippen LogP contribution in [0.1, 0.15) is 83.6 Å². The number of hydrogen-bond acceptors (Lipinski definition) is 5. The molecule has 4 aliphatic rings.